The molecule has 3 heterocycles. The predicted octanol–water partition coefficient (Wildman–Crippen LogP) is 2.25. The molecule has 0 spiro atoms. The van der Waals surface area contributed by atoms with Crippen molar-refractivity contribution in [3.63, 3.8) is 0 Å². The summed E-state index contributed by atoms with van der Waals surface area (Å²) < 4.78 is 11.2. The fraction of sp³-hybridized carbons (Fsp3) is 0.632. The molecular weight excluding hydrogens is 334 g/mol. The first-order valence-corrected chi connectivity index (χ1v) is 8.81. The first kappa shape index (κ1) is 18.6. The van der Waals surface area contributed by atoms with Crippen LogP contribution in [0, 0.1) is 18.3 Å². The first-order chi connectivity index (χ1) is 12.1. The van der Waals surface area contributed by atoms with Crippen LogP contribution in [0.3, 0.4) is 0 Å². The molecule has 0 aromatic carbocycles. The molecule has 0 aliphatic carbocycles. The summed E-state index contributed by atoms with van der Waals surface area (Å²) in [6.07, 6.45) is 1.88. The maximum Gasteiger partial charge on any atom is 0.410 e. The molecular formula is C19H25N3O4. The highest BCUT2D eigenvalue weighted by Crippen LogP contribution is 2.41. The van der Waals surface area contributed by atoms with Crippen LogP contribution < -0.4 is 0 Å². The Bertz CT molecular complexity index is 736. The molecule has 0 saturated carbocycles. The van der Waals surface area contributed by atoms with Crippen LogP contribution in [0.15, 0.2) is 12.3 Å². The lowest BCUT2D eigenvalue weighted by molar-refractivity contribution is -0.141. The molecule has 1 amide bonds. The third-order valence-corrected chi connectivity index (χ3v) is 4.88. The number of rotatable bonds is 1. The van der Waals surface area contributed by atoms with Crippen molar-refractivity contribution < 1.29 is 19.4 Å². The van der Waals surface area contributed by atoms with Gasteiger partial charge >= 0.3 is 6.09 Å². The molecule has 7 heteroatoms. The minimum Gasteiger partial charge on any atom is -0.444 e. The van der Waals surface area contributed by atoms with Gasteiger partial charge in [0.05, 0.1) is 30.9 Å². The van der Waals surface area contributed by atoms with Gasteiger partial charge in [0.1, 0.15) is 17.4 Å². The van der Waals surface area contributed by atoms with E-state index in [0.29, 0.717) is 37.3 Å². The van der Waals surface area contributed by atoms with Crippen LogP contribution in [0.25, 0.3) is 0 Å². The van der Waals surface area contributed by atoms with E-state index in [4.69, 9.17) is 14.7 Å². The highest BCUT2D eigenvalue weighted by Gasteiger charge is 2.50. The summed E-state index contributed by atoms with van der Waals surface area (Å²) in [5, 5.41) is 20.4. The van der Waals surface area contributed by atoms with Crippen molar-refractivity contribution >= 4 is 6.09 Å². The van der Waals surface area contributed by atoms with E-state index < -0.39 is 11.2 Å². The average Bonchev–Trinajstić information content (AvgIpc) is 2.52. The molecule has 2 saturated heterocycles. The smallest absolute Gasteiger partial charge is 0.410 e. The third-order valence-electron chi connectivity index (χ3n) is 4.88. The highest BCUT2D eigenvalue weighted by atomic mass is 16.6. The molecule has 2 unspecified atom stereocenters. The van der Waals surface area contributed by atoms with Crippen LogP contribution >= 0.6 is 0 Å². The molecule has 26 heavy (non-hydrogen) atoms. The second kappa shape index (κ2) is 6.53. The number of carbonyl (C=O) groups is 1. The number of hydrogen-bond acceptors (Lipinski definition) is 6. The van der Waals surface area contributed by atoms with Gasteiger partial charge in [-0.3, -0.25) is 4.90 Å². The van der Waals surface area contributed by atoms with Gasteiger partial charge in [-0.1, -0.05) is 0 Å². The molecule has 2 atom stereocenters. The van der Waals surface area contributed by atoms with Crippen LogP contribution in [0.5, 0.6) is 0 Å². The number of fused-ring (bicyclic) bond motifs is 2. The average molecular weight is 359 g/mol. The van der Waals surface area contributed by atoms with Crippen LogP contribution in [-0.2, 0) is 15.1 Å². The number of amides is 1. The molecule has 2 aliphatic rings. The summed E-state index contributed by atoms with van der Waals surface area (Å²) in [6.45, 7) is 8.04. The number of carbonyl (C=O) groups excluding carboxylic acids is 1. The van der Waals surface area contributed by atoms with Gasteiger partial charge in [-0.15, -0.1) is 0 Å². The van der Waals surface area contributed by atoms with E-state index >= 15 is 0 Å². The Balaban J connectivity index is 1.86. The fourth-order valence-corrected chi connectivity index (χ4v) is 3.77. The quantitative estimate of drug-likeness (QED) is 0.826. The summed E-state index contributed by atoms with van der Waals surface area (Å²) in [5.74, 6) is 0. The van der Waals surface area contributed by atoms with Crippen molar-refractivity contribution in [3.05, 3.63) is 29.1 Å². The maximum atomic E-state index is 12.6. The lowest BCUT2D eigenvalue weighted by Gasteiger charge is -2.51. The number of aromatic nitrogens is 1. The van der Waals surface area contributed by atoms with E-state index in [9.17, 15) is 9.90 Å². The van der Waals surface area contributed by atoms with Gasteiger partial charge in [0.2, 0.25) is 0 Å². The SMILES string of the molecule is Cc1cc(C2(O)CC3COCC(C2)N3C(=O)OC(C)(C)C)cnc1C#N. The van der Waals surface area contributed by atoms with E-state index in [1.54, 1.807) is 18.0 Å². The molecule has 2 aliphatic heterocycles. The normalized spacial score (nSPS) is 28.4. The highest BCUT2D eigenvalue weighted by molar-refractivity contribution is 5.69. The number of hydrogen-bond donors (Lipinski definition) is 1. The molecule has 7 nitrogen and oxygen atoms in total. The second-order valence-corrected chi connectivity index (χ2v) is 8.17. The van der Waals surface area contributed by atoms with Crippen molar-refractivity contribution in [1.29, 1.82) is 5.26 Å². The van der Waals surface area contributed by atoms with Crippen molar-refractivity contribution in [1.82, 2.24) is 9.88 Å². The largest absolute Gasteiger partial charge is 0.444 e. The van der Waals surface area contributed by atoms with E-state index in [1.807, 2.05) is 32.9 Å². The molecule has 2 fully saturated rings. The van der Waals surface area contributed by atoms with Gasteiger partial charge in [-0.05, 0) is 39.3 Å². The summed E-state index contributed by atoms with van der Waals surface area (Å²) in [6, 6.07) is 3.32. The monoisotopic (exact) mass is 359 g/mol. The molecule has 3 rings (SSSR count). The van der Waals surface area contributed by atoms with Crippen LogP contribution in [0.2, 0.25) is 0 Å². The van der Waals surface area contributed by atoms with Crippen LogP contribution in [0.4, 0.5) is 4.79 Å². The molecule has 2 bridgehead atoms. The van der Waals surface area contributed by atoms with E-state index in [0.717, 1.165) is 5.56 Å². The van der Waals surface area contributed by atoms with E-state index in [-0.39, 0.29) is 18.2 Å². The van der Waals surface area contributed by atoms with Gasteiger partial charge in [0.25, 0.3) is 0 Å². The zero-order chi connectivity index (χ0) is 19.1. The Morgan fingerprint density at radius 1 is 1.42 bits per heavy atom. The number of morpholine rings is 1. The number of aliphatic hydroxyl groups is 1. The van der Waals surface area contributed by atoms with E-state index in [2.05, 4.69) is 4.98 Å². The van der Waals surface area contributed by atoms with Crippen molar-refractivity contribution in [2.75, 3.05) is 13.2 Å². The first-order valence-electron chi connectivity index (χ1n) is 8.81. The molecule has 1 N–H and O–H groups in total. The summed E-state index contributed by atoms with van der Waals surface area (Å²) in [7, 11) is 0. The zero-order valence-electron chi connectivity index (χ0n) is 15.7. The standard InChI is InChI=1S/C19H25N3O4/c1-12-5-13(9-21-16(12)8-20)19(24)6-14-10-25-11-15(7-19)22(14)17(23)26-18(2,3)4/h5,9,14-15,24H,6-7,10-11H2,1-4H3. The Labute approximate surface area is 153 Å². The lowest BCUT2D eigenvalue weighted by atomic mass is 9.77. The van der Waals surface area contributed by atoms with Crippen LogP contribution in [-0.4, -0.2) is 52.0 Å². The number of nitrogens with zero attached hydrogens (tertiary/aromatic N) is 3. The Hall–Kier alpha value is -2.17. The summed E-state index contributed by atoms with van der Waals surface area (Å²) >= 11 is 0. The minimum atomic E-state index is -1.11. The number of piperidine rings is 1. The van der Waals surface area contributed by atoms with Gasteiger partial charge in [0, 0.05) is 24.6 Å². The second-order valence-electron chi connectivity index (χ2n) is 8.17. The van der Waals surface area contributed by atoms with Crippen molar-refractivity contribution in [2.24, 2.45) is 0 Å². The Kier molecular flexibility index (Phi) is 4.67. The maximum absolute atomic E-state index is 12.6. The van der Waals surface area contributed by atoms with Gasteiger partial charge in [0.15, 0.2) is 0 Å². The minimum absolute atomic E-state index is 0.265. The number of ether oxygens (including phenoxy) is 2. The van der Waals surface area contributed by atoms with Crippen molar-refractivity contribution in [2.45, 2.75) is 63.8 Å². The van der Waals surface area contributed by atoms with E-state index in [1.165, 1.54) is 0 Å². The third kappa shape index (κ3) is 3.53. The van der Waals surface area contributed by atoms with Gasteiger partial charge in [-0.2, -0.15) is 5.26 Å². The van der Waals surface area contributed by atoms with Crippen molar-refractivity contribution in [3.8, 4) is 6.07 Å². The van der Waals surface area contributed by atoms with Gasteiger partial charge < -0.3 is 14.6 Å². The fourth-order valence-electron chi connectivity index (χ4n) is 3.77. The molecule has 1 aromatic heterocycles. The topological polar surface area (TPSA) is 95.7 Å². The predicted molar refractivity (Wildman–Crippen MR) is 93.3 cm³/mol. The summed E-state index contributed by atoms with van der Waals surface area (Å²) in [4.78, 5) is 18.5. The number of aryl methyl sites for hydroxylation is 1. The number of pyridine rings is 1. The lowest BCUT2D eigenvalue weighted by Crippen LogP contribution is -2.63. The molecule has 0 radical (unpaired) electrons. The Morgan fingerprint density at radius 2 is 2.04 bits per heavy atom. The number of nitriles is 1. The van der Waals surface area contributed by atoms with Gasteiger partial charge in [-0.25, -0.2) is 9.78 Å². The van der Waals surface area contributed by atoms with Crippen LogP contribution in [0.1, 0.15) is 50.4 Å². The zero-order valence-corrected chi connectivity index (χ0v) is 15.7. The molecule has 140 valence electrons. The summed E-state index contributed by atoms with van der Waals surface area (Å²) in [5.41, 5.74) is 0.0774. The molecule has 1 aromatic rings. The Morgan fingerprint density at radius 3 is 2.54 bits per heavy atom.